The molecule has 0 amide bonds. The van der Waals surface area contributed by atoms with Crippen molar-refractivity contribution >= 4 is 17.9 Å². The Kier molecular flexibility index (Phi) is 3.54. The van der Waals surface area contributed by atoms with E-state index in [4.69, 9.17) is 5.11 Å². The van der Waals surface area contributed by atoms with E-state index in [1.807, 2.05) is 0 Å². The summed E-state index contributed by atoms with van der Waals surface area (Å²) in [5, 5.41) is 28.6. The van der Waals surface area contributed by atoms with Crippen LogP contribution in [-0.2, 0) is 4.79 Å². The normalized spacial score (nSPS) is 11.9. The minimum absolute atomic E-state index is 0.0505. The molecule has 0 fully saturated rings. The molecular weight excluding hydrogens is 230 g/mol. The van der Waals surface area contributed by atoms with Gasteiger partial charge in [-0.15, -0.1) is 0 Å². The maximum atomic E-state index is 10.8. The molecule has 0 aliphatic rings. The summed E-state index contributed by atoms with van der Waals surface area (Å²) in [5.74, 6) is -1.58. The number of hydrogen-bond acceptors (Lipinski definition) is 5. The smallest absolute Gasteiger partial charge is 0.337 e. The van der Waals surface area contributed by atoms with Crippen molar-refractivity contribution in [2.45, 2.75) is 13.0 Å². The minimum Gasteiger partial charge on any atom is -0.479 e. The number of nitrogens with zero attached hydrogens (tertiary/aromatic N) is 1. The summed E-state index contributed by atoms with van der Waals surface area (Å²) in [7, 11) is 0. The molecule has 90 valence electrons. The molecule has 1 aromatic carbocycles. The van der Waals surface area contributed by atoms with Crippen LogP contribution in [0.1, 0.15) is 27.6 Å². The van der Waals surface area contributed by atoms with Crippen LogP contribution in [-0.4, -0.2) is 27.4 Å². The van der Waals surface area contributed by atoms with Gasteiger partial charge in [-0.1, -0.05) is 0 Å². The van der Waals surface area contributed by atoms with E-state index in [1.54, 1.807) is 0 Å². The van der Waals surface area contributed by atoms with Crippen molar-refractivity contribution in [1.82, 2.24) is 0 Å². The Morgan fingerprint density at radius 2 is 2.12 bits per heavy atom. The number of aliphatic carboxylic acids is 1. The van der Waals surface area contributed by atoms with E-state index in [2.05, 4.69) is 0 Å². The fraction of sp³-hybridized carbons (Fsp3) is 0.200. The van der Waals surface area contributed by atoms with Crippen LogP contribution in [0.2, 0.25) is 0 Å². The number of aliphatic hydroxyl groups is 1. The van der Waals surface area contributed by atoms with E-state index in [0.29, 0.717) is 6.29 Å². The van der Waals surface area contributed by atoms with Gasteiger partial charge in [0.15, 0.2) is 12.4 Å². The number of hydrogen-bond donors (Lipinski definition) is 2. The molecule has 7 nitrogen and oxygen atoms in total. The molecule has 17 heavy (non-hydrogen) atoms. The van der Waals surface area contributed by atoms with Gasteiger partial charge in [-0.2, -0.15) is 0 Å². The third kappa shape index (κ3) is 2.45. The van der Waals surface area contributed by atoms with E-state index in [0.717, 1.165) is 12.1 Å². The number of benzene rings is 1. The molecule has 0 saturated carbocycles. The summed E-state index contributed by atoms with van der Waals surface area (Å²) < 4.78 is 0. The molecule has 0 aliphatic heterocycles. The Hall–Kier alpha value is -2.28. The zero-order valence-electron chi connectivity index (χ0n) is 8.78. The lowest BCUT2D eigenvalue weighted by Crippen LogP contribution is -2.14. The van der Waals surface area contributed by atoms with Gasteiger partial charge >= 0.3 is 5.97 Å². The molecule has 1 unspecified atom stereocenters. The number of aryl methyl sites for hydroxylation is 1. The second-order valence-corrected chi connectivity index (χ2v) is 3.38. The van der Waals surface area contributed by atoms with Crippen molar-refractivity contribution in [3.05, 3.63) is 38.9 Å². The first-order chi connectivity index (χ1) is 7.88. The molecule has 0 spiro atoms. The van der Waals surface area contributed by atoms with Gasteiger partial charge in [-0.3, -0.25) is 14.9 Å². The molecular formula is C10H9NO6. The number of aliphatic hydroxyl groups excluding tert-OH is 1. The molecule has 7 heteroatoms. The molecule has 0 aromatic heterocycles. The maximum Gasteiger partial charge on any atom is 0.337 e. The number of carboxylic acids is 1. The number of rotatable bonds is 4. The summed E-state index contributed by atoms with van der Waals surface area (Å²) in [6.45, 7) is 1.43. The van der Waals surface area contributed by atoms with Crippen LogP contribution in [0.5, 0.6) is 0 Å². The Balaban J connectivity index is 3.49. The van der Waals surface area contributed by atoms with E-state index in [-0.39, 0.29) is 22.4 Å². The highest BCUT2D eigenvalue weighted by atomic mass is 16.6. The van der Waals surface area contributed by atoms with Gasteiger partial charge in [0.05, 0.1) is 4.92 Å². The molecule has 0 saturated heterocycles. The second kappa shape index (κ2) is 4.71. The van der Waals surface area contributed by atoms with Crippen LogP contribution >= 0.6 is 0 Å². The first-order valence-corrected chi connectivity index (χ1v) is 4.53. The zero-order valence-corrected chi connectivity index (χ0v) is 8.78. The lowest BCUT2D eigenvalue weighted by Gasteiger charge is -2.10. The van der Waals surface area contributed by atoms with Crippen LogP contribution in [0.4, 0.5) is 5.69 Å². The van der Waals surface area contributed by atoms with Gasteiger partial charge in [0.1, 0.15) is 0 Å². The number of aldehydes is 1. The summed E-state index contributed by atoms with van der Waals surface area (Å²) in [5.41, 5.74) is -0.461. The molecule has 1 rings (SSSR count). The molecule has 1 atom stereocenters. The summed E-state index contributed by atoms with van der Waals surface area (Å²) in [6, 6.07) is 2.03. The second-order valence-electron chi connectivity index (χ2n) is 3.38. The number of nitro benzene ring substituents is 1. The Bertz CT molecular complexity index is 496. The van der Waals surface area contributed by atoms with E-state index in [1.165, 1.54) is 6.92 Å². The quantitative estimate of drug-likeness (QED) is 0.456. The van der Waals surface area contributed by atoms with Crippen LogP contribution in [0, 0.1) is 17.0 Å². The van der Waals surface area contributed by atoms with Gasteiger partial charge in [0, 0.05) is 23.3 Å². The summed E-state index contributed by atoms with van der Waals surface area (Å²) in [6.07, 6.45) is -1.60. The molecule has 0 heterocycles. The lowest BCUT2D eigenvalue weighted by molar-refractivity contribution is -0.385. The Labute approximate surface area is 95.5 Å². The lowest BCUT2D eigenvalue weighted by atomic mass is 9.98. The molecule has 0 aliphatic carbocycles. The van der Waals surface area contributed by atoms with E-state index >= 15 is 0 Å². The fourth-order valence-electron chi connectivity index (χ4n) is 1.43. The van der Waals surface area contributed by atoms with Crippen molar-refractivity contribution in [1.29, 1.82) is 0 Å². The average Bonchev–Trinajstić information content (AvgIpc) is 2.26. The number of nitro groups is 1. The van der Waals surface area contributed by atoms with Crippen molar-refractivity contribution < 1.29 is 24.7 Å². The van der Waals surface area contributed by atoms with Crippen LogP contribution in [0.3, 0.4) is 0 Å². The monoisotopic (exact) mass is 239 g/mol. The van der Waals surface area contributed by atoms with Crippen LogP contribution in [0.15, 0.2) is 12.1 Å². The molecule has 0 radical (unpaired) electrons. The molecule has 2 N–H and O–H groups in total. The van der Waals surface area contributed by atoms with Crippen molar-refractivity contribution in [2.24, 2.45) is 0 Å². The highest BCUT2D eigenvalue weighted by molar-refractivity contribution is 5.85. The van der Waals surface area contributed by atoms with Gasteiger partial charge in [0.2, 0.25) is 0 Å². The minimum atomic E-state index is -1.96. The zero-order chi connectivity index (χ0) is 13.2. The summed E-state index contributed by atoms with van der Waals surface area (Å²) >= 11 is 0. The van der Waals surface area contributed by atoms with E-state index < -0.39 is 17.0 Å². The number of carbonyl (C=O) groups is 2. The first-order valence-electron chi connectivity index (χ1n) is 4.53. The maximum absolute atomic E-state index is 10.8. The molecule has 0 bridgehead atoms. The summed E-state index contributed by atoms with van der Waals surface area (Å²) in [4.78, 5) is 31.3. The van der Waals surface area contributed by atoms with Gasteiger partial charge in [-0.05, 0) is 12.5 Å². The molecule has 1 aromatic rings. The third-order valence-corrected chi connectivity index (χ3v) is 2.26. The predicted octanol–water partition coefficient (Wildman–Crippen LogP) is 0.834. The average molecular weight is 239 g/mol. The van der Waals surface area contributed by atoms with Gasteiger partial charge in [0.25, 0.3) is 5.69 Å². The van der Waals surface area contributed by atoms with Crippen LogP contribution < -0.4 is 0 Å². The topological polar surface area (TPSA) is 118 Å². The standard InChI is InChI=1S/C10H9NO6/c1-5-2-6(11(16)17)3-7(8(5)4-12)9(13)10(14)15/h2-4,9,13H,1H3,(H,14,15). The Morgan fingerprint density at radius 1 is 1.53 bits per heavy atom. The van der Waals surface area contributed by atoms with Crippen molar-refractivity contribution in [2.75, 3.05) is 0 Å². The largest absolute Gasteiger partial charge is 0.479 e. The number of carbonyl (C=O) groups excluding carboxylic acids is 1. The Morgan fingerprint density at radius 3 is 2.53 bits per heavy atom. The third-order valence-electron chi connectivity index (χ3n) is 2.26. The highest BCUT2D eigenvalue weighted by Crippen LogP contribution is 2.26. The number of carboxylic acid groups (broad SMARTS) is 1. The fourth-order valence-corrected chi connectivity index (χ4v) is 1.43. The van der Waals surface area contributed by atoms with Gasteiger partial charge < -0.3 is 10.2 Å². The van der Waals surface area contributed by atoms with Crippen molar-refractivity contribution in [3.63, 3.8) is 0 Å². The predicted molar refractivity (Wildman–Crippen MR) is 55.8 cm³/mol. The van der Waals surface area contributed by atoms with E-state index in [9.17, 15) is 24.8 Å². The van der Waals surface area contributed by atoms with Gasteiger partial charge in [-0.25, -0.2) is 4.79 Å². The number of non-ortho nitro benzene ring substituents is 1. The highest BCUT2D eigenvalue weighted by Gasteiger charge is 2.24. The first kappa shape index (κ1) is 12.8. The van der Waals surface area contributed by atoms with Crippen molar-refractivity contribution in [3.8, 4) is 0 Å². The van der Waals surface area contributed by atoms with Crippen LogP contribution in [0.25, 0.3) is 0 Å². The SMILES string of the molecule is Cc1cc([N+](=O)[O-])cc(C(O)C(=O)O)c1C=O.